The van der Waals surface area contributed by atoms with Crippen LogP contribution < -0.4 is 4.90 Å². The largest absolute Gasteiger partial charge is 0.360 e. The maximum atomic E-state index is 14.2. The highest BCUT2D eigenvalue weighted by Crippen LogP contribution is 2.30. The summed E-state index contributed by atoms with van der Waals surface area (Å²) in [6, 6.07) is 8.42. The molecule has 0 radical (unpaired) electrons. The fourth-order valence-corrected chi connectivity index (χ4v) is 3.15. The number of benzene rings is 2. The molecule has 0 bridgehead atoms. The minimum Gasteiger partial charge on any atom is -0.360 e. The monoisotopic (exact) mass is 348 g/mol. The van der Waals surface area contributed by atoms with Gasteiger partial charge in [0.1, 0.15) is 17.5 Å². The smallest absolute Gasteiger partial charge is 0.242 e. The van der Waals surface area contributed by atoms with Crippen molar-refractivity contribution in [3.05, 3.63) is 65.0 Å². The van der Waals surface area contributed by atoms with Gasteiger partial charge in [-0.1, -0.05) is 18.2 Å². The summed E-state index contributed by atoms with van der Waals surface area (Å²) in [5.74, 6) is -1.88. The van der Waals surface area contributed by atoms with Gasteiger partial charge in [0.25, 0.3) is 0 Å². The summed E-state index contributed by atoms with van der Waals surface area (Å²) in [5, 5.41) is 0. The maximum Gasteiger partial charge on any atom is 0.242 e. The van der Waals surface area contributed by atoms with Gasteiger partial charge in [-0.15, -0.1) is 0 Å². The third kappa shape index (κ3) is 3.78. The van der Waals surface area contributed by atoms with E-state index < -0.39 is 11.6 Å². The van der Waals surface area contributed by atoms with E-state index in [4.69, 9.17) is 0 Å². The van der Waals surface area contributed by atoms with Crippen LogP contribution in [0.15, 0.2) is 36.4 Å². The first-order valence-corrected chi connectivity index (χ1v) is 8.16. The number of halogens is 3. The zero-order valence-corrected chi connectivity index (χ0v) is 13.9. The molecule has 1 heterocycles. The lowest BCUT2D eigenvalue weighted by molar-refractivity contribution is -0.129. The molecular formula is C19H19F3N2O. The second-order valence-electron chi connectivity index (χ2n) is 6.26. The number of hydrogen-bond donors (Lipinski definition) is 0. The van der Waals surface area contributed by atoms with Crippen molar-refractivity contribution in [1.29, 1.82) is 0 Å². The molecule has 2 aromatic rings. The molecule has 1 aliphatic rings. The molecule has 25 heavy (non-hydrogen) atoms. The van der Waals surface area contributed by atoms with Gasteiger partial charge in [0.2, 0.25) is 5.91 Å². The van der Waals surface area contributed by atoms with Gasteiger partial charge < -0.3 is 9.80 Å². The van der Waals surface area contributed by atoms with Crippen molar-refractivity contribution in [2.75, 3.05) is 25.0 Å². The van der Waals surface area contributed by atoms with Crippen molar-refractivity contribution in [1.82, 2.24) is 4.90 Å². The second-order valence-corrected chi connectivity index (χ2v) is 6.26. The Morgan fingerprint density at radius 1 is 1.16 bits per heavy atom. The van der Waals surface area contributed by atoms with E-state index in [2.05, 4.69) is 0 Å². The minimum absolute atomic E-state index is 0.0273. The lowest BCUT2D eigenvalue weighted by Crippen LogP contribution is -2.41. The number of carbonyl (C=O) groups excluding carboxylic acids is 1. The molecule has 1 amide bonds. The van der Waals surface area contributed by atoms with Gasteiger partial charge in [-0.25, -0.2) is 13.2 Å². The second kappa shape index (κ2) is 7.17. The number of amides is 1. The van der Waals surface area contributed by atoms with Crippen molar-refractivity contribution < 1.29 is 18.0 Å². The Morgan fingerprint density at radius 2 is 1.92 bits per heavy atom. The summed E-state index contributed by atoms with van der Waals surface area (Å²) >= 11 is 0. The molecule has 2 aromatic carbocycles. The Balaban J connectivity index is 1.73. The standard InChI is InChI=1S/C19H19F3N2O/c1-23(11-14-5-2-3-7-16(14)21)18(25)12-24-8-4-6-13-9-15(20)10-17(22)19(13)24/h2-3,5,7,9-10H,4,6,8,11-12H2,1H3. The number of likely N-dealkylation sites (N-methyl/N-ethyl adjacent to an activating group) is 1. The Bertz CT molecular complexity index is 794. The summed E-state index contributed by atoms with van der Waals surface area (Å²) in [4.78, 5) is 15.5. The van der Waals surface area contributed by atoms with E-state index in [1.807, 2.05) is 0 Å². The molecule has 0 aliphatic carbocycles. The Morgan fingerprint density at radius 3 is 2.68 bits per heavy atom. The van der Waals surface area contributed by atoms with Gasteiger partial charge in [0.15, 0.2) is 0 Å². The summed E-state index contributed by atoms with van der Waals surface area (Å²) in [5.41, 5.74) is 1.29. The minimum atomic E-state index is -0.653. The predicted molar refractivity (Wildman–Crippen MR) is 89.8 cm³/mol. The first-order valence-electron chi connectivity index (χ1n) is 8.16. The van der Waals surface area contributed by atoms with Gasteiger partial charge in [0.05, 0.1) is 12.2 Å². The number of carbonyl (C=O) groups is 1. The molecule has 0 unspecified atom stereocenters. The zero-order chi connectivity index (χ0) is 18.0. The average molecular weight is 348 g/mol. The van der Waals surface area contributed by atoms with Gasteiger partial charge >= 0.3 is 0 Å². The van der Waals surface area contributed by atoms with Gasteiger partial charge in [-0.3, -0.25) is 4.79 Å². The van der Waals surface area contributed by atoms with Crippen LogP contribution in [0.1, 0.15) is 17.5 Å². The molecule has 0 saturated carbocycles. The third-order valence-corrected chi connectivity index (χ3v) is 4.41. The van der Waals surface area contributed by atoms with Crippen LogP contribution in [0.25, 0.3) is 0 Å². The highest BCUT2D eigenvalue weighted by molar-refractivity contribution is 5.82. The van der Waals surface area contributed by atoms with E-state index in [9.17, 15) is 18.0 Å². The summed E-state index contributed by atoms with van der Waals surface area (Å²) in [7, 11) is 1.58. The Kier molecular flexibility index (Phi) is 4.97. The fourth-order valence-electron chi connectivity index (χ4n) is 3.15. The molecule has 6 heteroatoms. The quantitative estimate of drug-likeness (QED) is 0.844. The van der Waals surface area contributed by atoms with Crippen LogP contribution >= 0.6 is 0 Å². The van der Waals surface area contributed by atoms with Gasteiger partial charge in [-0.2, -0.15) is 0 Å². The van der Waals surface area contributed by atoms with Crippen LogP contribution in [-0.4, -0.2) is 30.9 Å². The predicted octanol–water partition coefficient (Wildman–Crippen LogP) is 3.52. The summed E-state index contributed by atoms with van der Waals surface area (Å²) < 4.78 is 41.3. The Hall–Kier alpha value is -2.50. The molecule has 0 fully saturated rings. The third-order valence-electron chi connectivity index (χ3n) is 4.41. The van der Waals surface area contributed by atoms with Crippen LogP contribution in [0.3, 0.4) is 0 Å². The van der Waals surface area contributed by atoms with E-state index >= 15 is 0 Å². The van der Waals surface area contributed by atoms with E-state index in [0.29, 0.717) is 29.8 Å². The topological polar surface area (TPSA) is 23.6 Å². The zero-order valence-electron chi connectivity index (χ0n) is 13.9. The summed E-state index contributed by atoms with van der Waals surface area (Å²) in [6.45, 7) is 0.632. The van der Waals surface area contributed by atoms with Crippen LogP contribution in [-0.2, 0) is 17.8 Å². The average Bonchev–Trinajstić information content (AvgIpc) is 2.56. The van der Waals surface area contributed by atoms with E-state index in [0.717, 1.165) is 12.5 Å². The van der Waals surface area contributed by atoms with Crippen molar-refractivity contribution in [2.24, 2.45) is 0 Å². The van der Waals surface area contributed by atoms with E-state index in [1.165, 1.54) is 17.0 Å². The van der Waals surface area contributed by atoms with Crippen LogP contribution in [0.2, 0.25) is 0 Å². The molecule has 3 rings (SSSR count). The SMILES string of the molecule is CN(Cc1ccccc1F)C(=O)CN1CCCc2cc(F)cc(F)c21. The molecular weight excluding hydrogens is 329 g/mol. The number of fused-ring (bicyclic) bond motifs is 1. The van der Waals surface area contributed by atoms with Crippen LogP contribution in [0, 0.1) is 17.5 Å². The molecule has 0 saturated heterocycles. The highest BCUT2D eigenvalue weighted by Gasteiger charge is 2.25. The molecule has 132 valence electrons. The molecule has 0 spiro atoms. The fraction of sp³-hybridized carbons (Fsp3) is 0.316. The van der Waals surface area contributed by atoms with Gasteiger partial charge in [-0.05, 0) is 30.5 Å². The van der Waals surface area contributed by atoms with Crippen molar-refractivity contribution in [3.8, 4) is 0 Å². The number of hydrogen-bond acceptors (Lipinski definition) is 2. The number of nitrogens with zero attached hydrogens (tertiary/aromatic N) is 2. The normalized spacial score (nSPS) is 13.5. The van der Waals surface area contributed by atoms with Gasteiger partial charge in [0, 0.05) is 31.8 Å². The molecule has 0 aromatic heterocycles. The Labute approximate surface area is 144 Å². The maximum absolute atomic E-state index is 14.2. The van der Waals surface area contributed by atoms with E-state index in [1.54, 1.807) is 30.1 Å². The molecule has 0 atom stereocenters. The number of rotatable bonds is 4. The lowest BCUT2D eigenvalue weighted by Gasteiger charge is -2.32. The highest BCUT2D eigenvalue weighted by atomic mass is 19.1. The molecule has 0 N–H and O–H groups in total. The molecule has 3 nitrogen and oxygen atoms in total. The molecule has 1 aliphatic heterocycles. The lowest BCUT2D eigenvalue weighted by atomic mass is 10.0. The first-order chi connectivity index (χ1) is 12.0. The van der Waals surface area contributed by atoms with Crippen molar-refractivity contribution in [2.45, 2.75) is 19.4 Å². The van der Waals surface area contributed by atoms with Crippen LogP contribution in [0.4, 0.5) is 18.9 Å². The van der Waals surface area contributed by atoms with E-state index in [-0.39, 0.29) is 24.8 Å². The van der Waals surface area contributed by atoms with Crippen molar-refractivity contribution >= 4 is 11.6 Å². The first kappa shape index (κ1) is 17.3. The van der Waals surface area contributed by atoms with Crippen molar-refractivity contribution in [3.63, 3.8) is 0 Å². The van der Waals surface area contributed by atoms with Crippen LogP contribution in [0.5, 0.6) is 0 Å². The number of aryl methyl sites for hydroxylation is 1. The summed E-state index contributed by atoms with van der Waals surface area (Å²) in [6.07, 6.45) is 1.31. The number of anilines is 1.